The Labute approximate surface area is 138 Å². The number of carbonyl (C=O) groups is 1. The van der Waals surface area contributed by atoms with Crippen LogP contribution < -0.4 is 4.74 Å². The summed E-state index contributed by atoms with van der Waals surface area (Å²) in [7, 11) is 3.44. The molecule has 0 amide bonds. The van der Waals surface area contributed by atoms with E-state index in [1.54, 1.807) is 19.0 Å². The van der Waals surface area contributed by atoms with Crippen molar-refractivity contribution < 1.29 is 27.8 Å². The SMILES string of the molecule is CN(C)C1(c2ccc(OC(F)(F)F)cc2)CCCC(O)C1=O.Cl. The minimum Gasteiger partial charge on any atom is -0.406 e. The smallest absolute Gasteiger partial charge is 0.406 e. The lowest BCUT2D eigenvalue weighted by atomic mass is 9.73. The van der Waals surface area contributed by atoms with Gasteiger partial charge in [-0.1, -0.05) is 12.1 Å². The molecule has 4 nitrogen and oxygen atoms in total. The highest BCUT2D eigenvalue weighted by Gasteiger charge is 2.47. The zero-order chi connectivity index (χ0) is 16.5. The highest BCUT2D eigenvalue weighted by Crippen LogP contribution is 2.39. The summed E-state index contributed by atoms with van der Waals surface area (Å²) in [6, 6.07) is 5.25. The number of alkyl halides is 3. The quantitative estimate of drug-likeness (QED) is 0.907. The average molecular weight is 354 g/mol. The van der Waals surface area contributed by atoms with Crippen LogP contribution in [0.4, 0.5) is 13.2 Å². The molecule has 8 heteroatoms. The molecule has 1 aliphatic rings. The number of halogens is 4. The first-order valence-electron chi connectivity index (χ1n) is 6.93. The molecule has 1 N–H and O–H groups in total. The Hall–Kier alpha value is -1.31. The van der Waals surface area contributed by atoms with E-state index in [1.807, 2.05) is 0 Å². The van der Waals surface area contributed by atoms with Crippen LogP contribution >= 0.6 is 12.4 Å². The molecule has 130 valence electrons. The first kappa shape index (κ1) is 19.7. The Morgan fingerprint density at radius 3 is 2.30 bits per heavy atom. The van der Waals surface area contributed by atoms with Crippen LogP contribution in [0.3, 0.4) is 0 Å². The number of hydrogen-bond acceptors (Lipinski definition) is 4. The van der Waals surface area contributed by atoms with Crippen LogP contribution in [0.15, 0.2) is 24.3 Å². The third-order valence-electron chi connectivity index (χ3n) is 4.06. The Morgan fingerprint density at radius 2 is 1.83 bits per heavy atom. The second kappa shape index (κ2) is 7.07. The molecule has 2 rings (SSSR count). The molecule has 0 spiro atoms. The lowest BCUT2D eigenvalue weighted by Crippen LogP contribution is -2.54. The van der Waals surface area contributed by atoms with Crippen molar-refractivity contribution in [2.45, 2.75) is 37.3 Å². The van der Waals surface area contributed by atoms with Gasteiger partial charge in [0.2, 0.25) is 0 Å². The highest BCUT2D eigenvalue weighted by molar-refractivity contribution is 5.93. The number of aliphatic hydroxyl groups is 1. The topological polar surface area (TPSA) is 49.8 Å². The summed E-state index contributed by atoms with van der Waals surface area (Å²) < 4.78 is 40.4. The molecule has 0 aliphatic heterocycles. The van der Waals surface area contributed by atoms with Crippen LogP contribution in [0.25, 0.3) is 0 Å². The molecular formula is C15H19ClF3NO3. The second-order valence-electron chi connectivity index (χ2n) is 5.60. The van der Waals surface area contributed by atoms with Crippen molar-refractivity contribution >= 4 is 18.2 Å². The van der Waals surface area contributed by atoms with Gasteiger partial charge in [0.1, 0.15) is 17.4 Å². The number of rotatable bonds is 3. The van der Waals surface area contributed by atoms with E-state index in [0.717, 1.165) is 0 Å². The summed E-state index contributed by atoms with van der Waals surface area (Å²) in [5, 5.41) is 9.88. The van der Waals surface area contributed by atoms with Crippen molar-refractivity contribution in [2.75, 3.05) is 14.1 Å². The monoisotopic (exact) mass is 353 g/mol. The first-order valence-corrected chi connectivity index (χ1v) is 6.93. The van der Waals surface area contributed by atoms with Gasteiger partial charge in [-0.3, -0.25) is 9.69 Å². The normalized spacial score (nSPS) is 25.2. The maximum absolute atomic E-state index is 12.5. The van der Waals surface area contributed by atoms with E-state index in [4.69, 9.17) is 0 Å². The van der Waals surface area contributed by atoms with Crippen LogP contribution in [0.2, 0.25) is 0 Å². The Kier molecular flexibility index (Phi) is 6.06. The van der Waals surface area contributed by atoms with E-state index in [1.165, 1.54) is 24.3 Å². The number of ketones is 1. The van der Waals surface area contributed by atoms with E-state index >= 15 is 0 Å². The summed E-state index contributed by atoms with van der Waals surface area (Å²) in [5.41, 5.74) is -0.468. The molecule has 0 bridgehead atoms. The maximum atomic E-state index is 12.5. The van der Waals surface area contributed by atoms with E-state index in [2.05, 4.69) is 4.74 Å². The third-order valence-corrected chi connectivity index (χ3v) is 4.06. The summed E-state index contributed by atoms with van der Waals surface area (Å²) in [5.74, 6) is -0.665. The standard InChI is InChI=1S/C15H18F3NO3.ClH/c1-19(2)14(9-3-4-12(20)13(14)21)10-5-7-11(8-6-10)22-15(16,17)18;/h5-8,12,20H,3-4,9H2,1-2H3;1H. The average Bonchev–Trinajstić information content (AvgIpc) is 2.41. The van der Waals surface area contributed by atoms with E-state index in [9.17, 15) is 23.1 Å². The summed E-state index contributed by atoms with van der Waals surface area (Å²) in [6.07, 6.45) is -4.23. The Balaban J connectivity index is 0.00000264. The van der Waals surface area contributed by atoms with Gasteiger partial charge >= 0.3 is 6.36 Å². The van der Waals surface area contributed by atoms with Gasteiger partial charge in [0.25, 0.3) is 0 Å². The van der Waals surface area contributed by atoms with Gasteiger partial charge in [-0.15, -0.1) is 25.6 Å². The lowest BCUT2D eigenvalue weighted by Gasteiger charge is -2.43. The number of ether oxygens (including phenoxy) is 1. The van der Waals surface area contributed by atoms with Crippen LogP contribution in [-0.2, 0) is 10.3 Å². The molecule has 1 aromatic carbocycles. The summed E-state index contributed by atoms with van der Waals surface area (Å²) in [6.45, 7) is 0. The molecule has 0 aromatic heterocycles. The molecule has 1 saturated carbocycles. The van der Waals surface area contributed by atoms with E-state index in [0.29, 0.717) is 24.8 Å². The molecule has 2 atom stereocenters. The van der Waals surface area contributed by atoms with Crippen molar-refractivity contribution in [1.29, 1.82) is 0 Å². The van der Waals surface area contributed by atoms with Gasteiger partial charge in [0, 0.05) is 0 Å². The molecule has 0 saturated heterocycles. The fourth-order valence-electron chi connectivity index (χ4n) is 3.00. The summed E-state index contributed by atoms with van der Waals surface area (Å²) >= 11 is 0. The van der Waals surface area contributed by atoms with Crippen molar-refractivity contribution in [3.05, 3.63) is 29.8 Å². The minimum absolute atomic E-state index is 0. The van der Waals surface area contributed by atoms with Gasteiger partial charge in [-0.05, 0) is 51.1 Å². The molecule has 2 unspecified atom stereocenters. The fourth-order valence-corrected chi connectivity index (χ4v) is 3.00. The molecule has 0 heterocycles. The molecule has 0 radical (unpaired) electrons. The largest absolute Gasteiger partial charge is 0.573 e. The van der Waals surface area contributed by atoms with Gasteiger partial charge in [-0.25, -0.2) is 0 Å². The number of benzene rings is 1. The number of likely N-dealkylation sites (N-methyl/N-ethyl adjacent to an activating group) is 1. The Morgan fingerprint density at radius 1 is 1.26 bits per heavy atom. The molecule has 1 fully saturated rings. The third kappa shape index (κ3) is 3.97. The fraction of sp³-hybridized carbons (Fsp3) is 0.533. The molecular weight excluding hydrogens is 335 g/mol. The predicted octanol–water partition coefficient (Wildman–Crippen LogP) is 2.88. The van der Waals surface area contributed by atoms with Gasteiger partial charge < -0.3 is 9.84 Å². The number of Topliss-reactive ketones (excluding diaryl/α,β-unsaturated/α-hetero) is 1. The van der Waals surface area contributed by atoms with Crippen LogP contribution in [0, 0.1) is 0 Å². The van der Waals surface area contributed by atoms with Gasteiger partial charge in [-0.2, -0.15) is 0 Å². The van der Waals surface area contributed by atoms with Crippen molar-refractivity contribution in [3.63, 3.8) is 0 Å². The van der Waals surface area contributed by atoms with Crippen molar-refractivity contribution in [1.82, 2.24) is 4.90 Å². The predicted molar refractivity (Wildman–Crippen MR) is 80.6 cm³/mol. The van der Waals surface area contributed by atoms with Gasteiger partial charge in [0.15, 0.2) is 5.78 Å². The second-order valence-corrected chi connectivity index (χ2v) is 5.60. The first-order chi connectivity index (χ1) is 10.2. The van der Waals surface area contributed by atoms with Crippen LogP contribution in [0.1, 0.15) is 24.8 Å². The number of aliphatic hydroxyl groups excluding tert-OH is 1. The van der Waals surface area contributed by atoms with Crippen LogP contribution in [-0.4, -0.2) is 42.4 Å². The highest BCUT2D eigenvalue weighted by atomic mass is 35.5. The van der Waals surface area contributed by atoms with Crippen molar-refractivity contribution in [2.24, 2.45) is 0 Å². The number of nitrogens with zero attached hydrogens (tertiary/aromatic N) is 1. The lowest BCUT2D eigenvalue weighted by molar-refractivity contribution is -0.274. The van der Waals surface area contributed by atoms with Crippen molar-refractivity contribution in [3.8, 4) is 5.75 Å². The molecule has 1 aromatic rings. The number of hydrogen-bond donors (Lipinski definition) is 1. The zero-order valence-electron chi connectivity index (χ0n) is 12.8. The van der Waals surface area contributed by atoms with Crippen LogP contribution in [0.5, 0.6) is 5.75 Å². The van der Waals surface area contributed by atoms with E-state index < -0.39 is 18.0 Å². The minimum atomic E-state index is -4.75. The number of carbonyl (C=O) groups excluding carboxylic acids is 1. The molecule has 1 aliphatic carbocycles. The maximum Gasteiger partial charge on any atom is 0.573 e. The van der Waals surface area contributed by atoms with E-state index in [-0.39, 0.29) is 23.9 Å². The van der Waals surface area contributed by atoms with Gasteiger partial charge in [0.05, 0.1) is 0 Å². The Bertz CT molecular complexity index is 548. The molecule has 23 heavy (non-hydrogen) atoms. The summed E-state index contributed by atoms with van der Waals surface area (Å²) in [4.78, 5) is 14.2. The zero-order valence-corrected chi connectivity index (χ0v) is 13.6.